The van der Waals surface area contributed by atoms with Gasteiger partial charge >= 0.3 is 0 Å². The van der Waals surface area contributed by atoms with Crippen molar-refractivity contribution in [2.75, 3.05) is 26.4 Å². The Morgan fingerprint density at radius 2 is 1.94 bits per heavy atom. The molecule has 0 atom stereocenters. The van der Waals surface area contributed by atoms with Crippen LogP contribution in [0.25, 0.3) is 0 Å². The summed E-state index contributed by atoms with van der Waals surface area (Å²) in [5, 5.41) is 13.0. The molecule has 1 saturated heterocycles. The lowest BCUT2D eigenvalue weighted by Gasteiger charge is -2.43. The topological polar surface area (TPSA) is 63.1 Å². The molecule has 0 amide bonds. The fourth-order valence-corrected chi connectivity index (χ4v) is 3.07. The molecule has 5 nitrogen and oxygen atoms in total. The van der Waals surface area contributed by atoms with Crippen molar-refractivity contribution in [1.29, 1.82) is 0 Å². The lowest BCUT2D eigenvalue weighted by atomic mass is 9.70. The van der Waals surface area contributed by atoms with Gasteiger partial charge in [0.25, 0.3) is 0 Å². The van der Waals surface area contributed by atoms with Crippen LogP contribution in [-0.2, 0) is 9.47 Å². The molecule has 3 aliphatic rings. The number of ether oxygens (including phenoxy) is 2. The van der Waals surface area contributed by atoms with E-state index < -0.39 is 0 Å². The van der Waals surface area contributed by atoms with Gasteiger partial charge in [0.15, 0.2) is 5.79 Å². The van der Waals surface area contributed by atoms with E-state index in [1.54, 1.807) is 0 Å². The Kier molecular flexibility index (Phi) is 3.13. The van der Waals surface area contributed by atoms with Gasteiger partial charge in [0.2, 0.25) is 0 Å². The van der Waals surface area contributed by atoms with E-state index in [-0.39, 0.29) is 17.8 Å². The van der Waals surface area contributed by atoms with Crippen LogP contribution in [0.15, 0.2) is 16.9 Å². The van der Waals surface area contributed by atoms with Crippen molar-refractivity contribution >= 4 is 6.21 Å². The molecule has 100 valence electrons. The van der Waals surface area contributed by atoms with Crippen molar-refractivity contribution < 1.29 is 14.6 Å². The van der Waals surface area contributed by atoms with Crippen molar-refractivity contribution in [3.8, 4) is 0 Å². The summed E-state index contributed by atoms with van der Waals surface area (Å²) in [6.45, 7) is 2.28. The second-order valence-electron chi connectivity index (χ2n) is 5.30. The third-order valence-electron chi connectivity index (χ3n) is 4.31. The van der Waals surface area contributed by atoms with Crippen LogP contribution in [0.5, 0.6) is 0 Å². The third kappa shape index (κ3) is 1.96. The van der Waals surface area contributed by atoms with Gasteiger partial charge in [-0.25, -0.2) is 0 Å². The molecule has 18 heavy (non-hydrogen) atoms. The molecule has 5 heteroatoms. The van der Waals surface area contributed by atoms with Crippen LogP contribution in [0.4, 0.5) is 0 Å². The molecule has 0 radical (unpaired) electrons. The smallest absolute Gasteiger partial charge is 0.168 e. The molecular weight excluding hydrogens is 232 g/mol. The van der Waals surface area contributed by atoms with Gasteiger partial charge in [0.1, 0.15) is 0 Å². The zero-order valence-electron chi connectivity index (χ0n) is 10.5. The first-order chi connectivity index (χ1) is 8.79. The summed E-state index contributed by atoms with van der Waals surface area (Å²) in [7, 11) is 0. The summed E-state index contributed by atoms with van der Waals surface area (Å²) in [4.78, 5) is 4.44. The Morgan fingerprint density at radius 3 is 2.50 bits per heavy atom. The van der Waals surface area contributed by atoms with Crippen LogP contribution in [0.2, 0.25) is 0 Å². The number of nitrogens with one attached hydrogen (secondary N) is 1. The van der Waals surface area contributed by atoms with Gasteiger partial charge in [-0.05, 0) is 12.8 Å². The highest BCUT2D eigenvalue weighted by Gasteiger charge is 2.47. The minimum absolute atomic E-state index is 0.133. The fraction of sp³-hybridized carbons (Fsp3) is 0.769. The number of hydrogen-bond donors (Lipinski definition) is 2. The van der Waals surface area contributed by atoms with E-state index in [4.69, 9.17) is 9.47 Å². The summed E-state index contributed by atoms with van der Waals surface area (Å²) in [5.74, 6) is -0.384. The highest BCUT2D eigenvalue weighted by molar-refractivity contribution is 5.63. The van der Waals surface area contributed by atoms with Crippen LogP contribution < -0.4 is 5.32 Å². The molecule has 3 rings (SSSR count). The maximum atomic E-state index is 9.80. The molecule has 0 aromatic heterocycles. The van der Waals surface area contributed by atoms with Gasteiger partial charge in [-0.3, -0.25) is 4.99 Å². The lowest BCUT2D eigenvalue weighted by molar-refractivity contribution is -0.191. The first kappa shape index (κ1) is 12.1. The standard InChI is InChI=1S/C13H20N2O3/c16-10-12(11-9-14-5-6-15-11)1-3-13(4-2-12)17-7-8-18-13/h6,9,14,16H,1-5,7-8,10H2. The van der Waals surface area contributed by atoms with E-state index in [1.165, 1.54) is 0 Å². The number of rotatable bonds is 2. The SMILES string of the molecule is OCC1(C2=CNCC=N2)CCC2(CC1)OCCO2. The zero-order chi connectivity index (χ0) is 12.5. The summed E-state index contributed by atoms with van der Waals surface area (Å²) in [6.07, 6.45) is 7.17. The first-order valence-electron chi connectivity index (χ1n) is 6.64. The molecule has 1 saturated carbocycles. The Hall–Kier alpha value is -0.910. The van der Waals surface area contributed by atoms with Crippen LogP contribution >= 0.6 is 0 Å². The molecule has 1 aliphatic carbocycles. The molecule has 0 aromatic carbocycles. The minimum Gasteiger partial charge on any atom is -0.395 e. The number of aliphatic hydroxyl groups is 1. The number of nitrogens with zero attached hydrogens (tertiary/aromatic N) is 1. The molecule has 0 unspecified atom stereocenters. The summed E-state index contributed by atoms with van der Waals surface area (Å²) < 4.78 is 11.5. The quantitative estimate of drug-likeness (QED) is 0.763. The number of aliphatic hydroxyl groups excluding tert-OH is 1. The van der Waals surface area contributed by atoms with Crippen molar-refractivity contribution in [2.45, 2.75) is 31.5 Å². The van der Waals surface area contributed by atoms with Gasteiger partial charge < -0.3 is 19.9 Å². The van der Waals surface area contributed by atoms with Crippen LogP contribution in [-0.4, -0.2) is 43.5 Å². The predicted molar refractivity (Wildman–Crippen MR) is 67.2 cm³/mol. The normalized spacial score (nSPS) is 29.1. The Labute approximate surface area is 107 Å². The van der Waals surface area contributed by atoms with E-state index >= 15 is 0 Å². The van der Waals surface area contributed by atoms with E-state index in [0.717, 1.165) is 37.9 Å². The molecule has 2 heterocycles. The number of aliphatic imine (C=N–C) groups is 1. The van der Waals surface area contributed by atoms with E-state index in [9.17, 15) is 5.11 Å². The van der Waals surface area contributed by atoms with Gasteiger partial charge in [-0.2, -0.15) is 0 Å². The van der Waals surface area contributed by atoms with E-state index in [2.05, 4.69) is 10.3 Å². The minimum atomic E-state index is -0.384. The second kappa shape index (κ2) is 4.64. The molecule has 0 aromatic rings. The summed E-state index contributed by atoms with van der Waals surface area (Å²) in [5.41, 5.74) is 0.730. The summed E-state index contributed by atoms with van der Waals surface area (Å²) in [6, 6.07) is 0. The maximum absolute atomic E-state index is 9.80. The highest BCUT2D eigenvalue weighted by Crippen LogP contribution is 2.48. The van der Waals surface area contributed by atoms with Crippen molar-refractivity contribution in [3.63, 3.8) is 0 Å². The first-order valence-corrected chi connectivity index (χ1v) is 6.64. The van der Waals surface area contributed by atoms with Crippen molar-refractivity contribution in [2.24, 2.45) is 10.4 Å². The predicted octanol–water partition coefficient (Wildman–Crippen LogP) is 0.798. The van der Waals surface area contributed by atoms with Crippen LogP contribution in [0, 0.1) is 5.41 Å². The Bertz CT molecular complexity index is 362. The monoisotopic (exact) mass is 252 g/mol. The van der Waals surface area contributed by atoms with E-state index in [1.807, 2.05) is 12.4 Å². The highest BCUT2D eigenvalue weighted by atomic mass is 16.7. The molecular formula is C13H20N2O3. The molecule has 2 fully saturated rings. The van der Waals surface area contributed by atoms with Crippen LogP contribution in [0.1, 0.15) is 25.7 Å². The summed E-state index contributed by atoms with van der Waals surface area (Å²) >= 11 is 0. The largest absolute Gasteiger partial charge is 0.395 e. The van der Waals surface area contributed by atoms with Crippen LogP contribution in [0.3, 0.4) is 0 Å². The van der Waals surface area contributed by atoms with Gasteiger partial charge in [0.05, 0.1) is 25.5 Å². The Morgan fingerprint density at radius 1 is 1.22 bits per heavy atom. The molecule has 0 bridgehead atoms. The maximum Gasteiger partial charge on any atom is 0.168 e. The number of hydrogen-bond acceptors (Lipinski definition) is 5. The lowest BCUT2D eigenvalue weighted by Crippen LogP contribution is -2.43. The second-order valence-corrected chi connectivity index (χ2v) is 5.30. The van der Waals surface area contributed by atoms with E-state index in [0.29, 0.717) is 13.2 Å². The molecule has 2 aliphatic heterocycles. The zero-order valence-corrected chi connectivity index (χ0v) is 10.5. The molecule has 1 spiro atoms. The molecule has 2 N–H and O–H groups in total. The van der Waals surface area contributed by atoms with Gasteiger partial charge in [-0.1, -0.05) is 0 Å². The van der Waals surface area contributed by atoms with Crippen molar-refractivity contribution in [1.82, 2.24) is 5.32 Å². The fourth-order valence-electron chi connectivity index (χ4n) is 3.07. The van der Waals surface area contributed by atoms with Gasteiger partial charge in [0, 0.05) is 37.2 Å². The Balaban J connectivity index is 1.75. The average Bonchev–Trinajstić information content (AvgIpc) is 2.90. The average molecular weight is 252 g/mol. The third-order valence-corrected chi connectivity index (χ3v) is 4.31. The van der Waals surface area contributed by atoms with Crippen molar-refractivity contribution in [3.05, 3.63) is 11.9 Å². The van der Waals surface area contributed by atoms with Gasteiger partial charge in [-0.15, -0.1) is 0 Å².